The van der Waals surface area contributed by atoms with Gasteiger partial charge in [-0.1, -0.05) is 25.1 Å². The van der Waals surface area contributed by atoms with Crippen LogP contribution in [0.25, 0.3) is 5.69 Å². The summed E-state index contributed by atoms with van der Waals surface area (Å²) in [6.07, 6.45) is 5.21. The van der Waals surface area contributed by atoms with Gasteiger partial charge in [-0.2, -0.15) is 4.57 Å². The van der Waals surface area contributed by atoms with Gasteiger partial charge < -0.3 is 0 Å². The van der Waals surface area contributed by atoms with Crippen molar-refractivity contribution in [2.24, 2.45) is 0 Å². The van der Waals surface area contributed by atoms with Crippen LogP contribution in [0.3, 0.4) is 0 Å². The fourth-order valence-corrected chi connectivity index (χ4v) is 1.47. The standard InChI is InChI=1S/C13H14N/c1-2-12-6-8-13(9-7-12)14-10-4-3-5-11-14/h3-11H,2H2,1H3/q+1. The van der Waals surface area contributed by atoms with Crippen molar-refractivity contribution in [3.63, 3.8) is 0 Å². The van der Waals surface area contributed by atoms with Crippen molar-refractivity contribution in [1.29, 1.82) is 0 Å². The number of hydrogen-bond donors (Lipinski definition) is 0. The Morgan fingerprint density at radius 1 is 0.929 bits per heavy atom. The van der Waals surface area contributed by atoms with Crippen LogP contribution in [-0.4, -0.2) is 0 Å². The molecule has 1 nitrogen and oxygen atoms in total. The number of rotatable bonds is 2. The van der Waals surface area contributed by atoms with Gasteiger partial charge in [0.05, 0.1) is 0 Å². The number of benzene rings is 1. The summed E-state index contributed by atoms with van der Waals surface area (Å²) >= 11 is 0. The van der Waals surface area contributed by atoms with E-state index in [2.05, 4.69) is 48.1 Å². The fraction of sp³-hybridized carbons (Fsp3) is 0.154. The molecule has 1 aromatic heterocycles. The molecule has 0 atom stereocenters. The number of hydrogen-bond acceptors (Lipinski definition) is 0. The van der Waals surface area contributed by atoms with Crippen LogP contribution in [0.4, 0.5) is 0 Å². The van der Waals surface area contributed by atoms with Gasteiger partial charge in [0.15, 0.2) is 12.4 Å². The van der Waals surface area contributed by atoms with E-state index >= 15 is 0 Å². The fourth-order valence-electron chi connectivity index (χ4n) is 1.47. The summed E-state index contributed by atoms with van der Waals surface area (Å²) in [4.78, 5) is 0. The second-order valence-electron chi connectivity index (χ2n) is 3.30. The molecule has 14 heavy (non-hydrogen) atoms. The van der Waals surface area contributed by atoms with Gasteiger partial charge in [0.1, 0.15) is 0 Å². The van der Waals surface area contributed by atoms with Gasteiger partial charge in [0.2, 0.25) is 5.69 Å². The number of aromatic nitrogens is 1. The molecule has 0 aliphatic heterocycles. The third-order valence-electron chi connectivity index (χ3n) is 2.36. The van der Waals surface area contributed by atoms with Crippen molar-refractivity contribution in [1.82, 2.24) is 0 Å². The molecule has 0 saturated heterocycles. The van der Waals surface area contributed by atoms with Crippen molar-refractivity contribution in [2.75, 3.05) is 0 Å². The van der Waals surface area contributed by atoms with E-state index < -0.39 is 0 Å². The zero-order chi connectivity index (χ0) is 9.80. The van der Waals surface area contributed by atoms with Gasteiger partial charge >= 0.3 is 0 Å². The molecule has 2 aromatic rings. The number of nitrogens with zero attached hydrogens (tertiary/aromatic N) is 1. The number of pyridine rings is 1. The van der Waals surface area contributed by atoms with Crippen LogP contribution in [0.2, 0.25) is 0 Å². The van der Waals surface area contributed by atoms with E-state index in [1.165, 1.54) is 11.3 Å². The third kappa shape index (κ3) is 1.82. The van der Waals surface area contributed by atoms with E-state index in [1.54, 1.807) is 0 Å². The Hall–Kier alpha value is -1.63. The SMILES string of the molecule is CCc1ccc(-[n+]2ccccc2)cc1. The molecule has 1 heterocycles. The van der Waals surface area contributed by atoms with Gasteiger partial charge in [0, 0.05) is 24.3 Å². The highest BCUT2D eigenvalue weighted by Crippen LogP contribution is 2.04. The van der Waals surface area contributed by atoms with Gasteiger partial charge in [-0.25, -0.2) is 0 Å². The first kappa shape index (κ1) is 8.95. The highest BCUT2D eigenvalue weighted by atomic mass is 14.9. The van der Waals surface area contributed by atoms with Crippen LogP contribution in [0.15, 0.2) is 54.9 Å². The topological polar surface area (TPSA) is 3.88 Å². The van der Waals surface area contributed by atoms with Crippen LogP contribution in [0.5, 0.6) is 0 Å². The Labute approximate surface area is 84.6 Å². The number of aryl methyl sites for hydroxylation is 1. The summed E-state index contributed by atoms with van der Waals surface area (Å²) in [7, 11) is 0. The van der Waals surface area contributed by atoms with Crippen LogP contribution in [0.1, 0.15) is 12.5 Å². The first-order valence-electron chi connectivity index (χ1n) is 4.96. The molecule has 0 fully saturated rings. The lowest BCUT2D eigenvalue weighted by atomic mass is 10.1. The Balaban J connectivity index is 2.34. The molecule has 0 saturated carbocycles. The Bertz CT molecular complexity index is 389. The maximum atomic E-state index is 2.18. The zero-order valence-electron chi connectivity index (χ0n) is 8.35. The molecule has 0 bridgehead atoms. The molecule has 0 aliphatic rings. The van der Waals surface area contributed by atoms with E-state index in [1.807, 2.05) is 18.2 Å². The van der Waals surface area contributed by atoms with Gasteiger partial charge in [-0.3, -0.25) is 0 Å². The smallest absolute Gasteiger partial charge is 0.167 e. The van der Waals surface area contributed by atoms with Crippen LogP contribution >= 0.6 is 0 Å². The molecule has 70 valence electrons. The molecule has 0 N–H and O–H groups in total. The Morgan fingerprint density at radius 3 is 2.14 bits per heavy atom. The molecule has 0 amide bonds. The molecule has 0 spiro atoms. The quantitative estimate of drug-likeness (QED) is 0.631. The molecule has 0 aliphatic carbocycles. The van der Waals surface area contributed by atoms with Crippen molar-refractivity contribution < 1.29 is 4.57 Å². The van der Waals surface area contributed by atoms with Crippen molar-refractivity contribution in [3.05, 3.63) is 60.4 Å². The molecule has 2 rings (SSSR count). The second-order valence-corrected chi connectivity index (χ2v) is 3.30. The summed E-state index contributed by atoms with van der Waals surface area (Å²) in [5.74, 6) is 0. The normalized spacial score (nSPS) is 10.1. The third-order valence-corrected chi connectivity index (χ3v) is 2.36. The molecular formula is C13H14N+. The van der Waals surface area contributed by atoms with E-state index in [0.717, 1.165) is 6.42 Å². The minimum Gasteiger partial charge on any atom is -0.167 e. The first-order valence-corrected chi connectivity index (χ1v) is 4.96. The summed E-state index contributed by atoms with van der Waals surface area (Å²) in [5.41, 5.74) is 2.59. The first-order chi connectivity index (χ1) is 6.90. The van der Waals surface area contributed by atoms with Crippen LogP contribution in [-0.2, 0) is 6.42 Å². The Morgan fingerprint density at radius 2 is 1.57 bits per heavy atom. The van der Waals surface area contributed by atoms with Crippen LogP contribution in [0, 0.1) is 0 Å². The van der Waals surface area contributed by atoms with Crippen molar-refractivity contribution in [2.45, 2.75) is 13.3 Å². The largest absolute Gasteiger partial charge is 0.210 e. The average molecular weight is 184 g/mol. The molecule has 0 unspecified atom stereocenters. The van der Waals surface area contributed by atoms with Gasteiger partial charge in [-0.05, 0) is 12.0 Å². The maximum absolute atomic E-state index is 2.18. The lowest BCUT2D eigenvalue weighted by Gasteiger charge is -1.97. The monoisotopic (exact) mass is 184 g/mol. The second kappa shape index (κ2) is 4.05. The highest BCUT2D eigenvalue weighted by Gasteiger charge is 2.02. The summed E-state index contributed by atoms with van der Waals surface area (Å²) in [6.45, 7) is 2.17. The zero-order valence-corrected chi connectivity index (χ0v) is 8.35. The minimum atomic E-state index is 1.10. The molecule has 0 radical (unpaired) electrons. The van der Waals surface area contributed by atoms with Crippen molar-refractivity contribution >= 4 is 0 Å². The molecule has 1 heteroatoms. The lowest BCUT2D eigenvalue weighted by Crippen LogP contribution is -2.28. The Kier molecular flexibility index (Phi) is 2.59. The van der Waals surface area contributed by atoms with Crippen LogP contribution < -0.4 is 4.57 Å². The highest BCUT2D eigenvalue weighted by molar-refractivity contribution is 5.27. The lowest BCUT2D eigenvalue weighted by molar-refractivity contribution is -0.595. The summed E-state index contributed by atoms with van der Waals surface area (Å²) in [5, 5.41) is 0. The van der Waals surface area contributed by atoms with Gasteiger partial charge in [-0.15, -0.1) is 0 Å². The van der Waals surface area contributed by atoms with E-state index in [-0.39, 0.29) is 0 Å². The maximum Gasteiger partial charge on any atom is 0.210 e. The van der Waals surface area contributed by atoms with E-state index in [9.17, 15) is 0 Å². The predicted molar refractivity (Wildman–Crippen MR) is 57.4 cm³/mol. The van der Waals surface area contributed by atoms with Gasteiger partial charge in [0.25, 0.3) is 0 Å². The van der Waals surface area contributed by atoms with E-state index in [4.69, 9.17) is 0 Å². The van der Waals surface area contributed by atoms with Crippen molar-refractivity contribution in [3.8, 4) is 5.69 Å². The summed E-state index contributed by atoms with van der Waals surface area (Å²) < 4.78 is 2.11. The van der Waals surface area contributed by atoms with E-state index in [0.29, 0.717) is 0 Å². The molecular weight excluding hydrogens is 170 g/mol. The predicted octanol–water partition coefficient (Wildman–Crippen LogP) is 2.53. The molecule has 1 aromatic carbocycles. The minimum absolute atomic E-state index is 1.10. The summed E-state index contributed by atoms with van der Waals surface area (Å²) in [6, 6.07) is 14.8. The average Bonchev–Trinajstić information content (AvgIpc) is 2.30.